The molecule has 2 rings (SSSR count). The Kier molecular flexibility index (Phi) is 10.1. The Morgan fingerprint density at radius 3 is 2.15 bits per heavy atom. The van der Waals surface area contributed by atoms with Crippen molar-refractivity contribution in [1.29, 1.82) is 0 Å². The van der Waals surface area contributed by atoms with E-state index in [0.29, 0.717) is 32.9 Å². The Labute approximate surface area is 204 Å². The van der Waals surface area contributed by atoms with Crippen LogP contribution >= 0.6 is 23.2 Å². The summed E-state index contributed by atoms with van der Waals surface area (Å²) in [6.07, 6.45) is 0.774. The summed E-state index contributed by atoms with van der Waals surface area (Å²) in [5.74, 6) is 0.826. The van der Waals surface area contributed by atoms with E-state index in [1.165, 1.54) is 19.1 Å². The minimum Gasteiger partial charge on any atom is -0.496 e. The normalized spacial score (nSPS) is 12.5. The molecule has 0 fully saturated rings. The largest absolute Gasteiger partial charge is 0.496 e. The summed E-state index contributed by atoms with van der Waals surface area (Å²) in [5.41, 5.74) is 0.667. The molecule has 0 radical (unpaired) electrons. The first-order valence-electron chi connectivity index (χ1n) is 10.6. The lowest BCUT2D eigenvalue weighted by atomic mass is 10.1. The molecule has 2 amide bonds. The van der Waals surface area contributed by atoms with Gasteiger partial charge in [0.1, 0.15) is 23.3 Å². The summed E-state index contributed by atoms with van der Waals surface area (Å²) in [4.78, 5) is 27.4. The molecule has 33 heavy (non-hydrogen) atoms. The van der Waals surface area contributed by atoms with Gasteiger partial charge in [0.25, 0.3) is 5.91 Å². The molecule has 0 saturated heterocycles. The number of hydrogen-bond donors (Lipinski definition) is 1. The molecule has 180 valence electrons. The van der Waals surface area contributed by atoms with Gasteiger partial charge in [0, 0.05) is 40.8 Å². The first-order chi connectivity index (χ1) is 15.7. The number of nitrogens with zero attached hydrogens (tertiary/aromatic N) is 1. The lowest BCUT2D eigenvalue weighted by Crippen LogP contribution is -2.50. The third-order valence-electron chi connectivity index (χ3n) is 5.21. The predicted octanol–water partition coefficient (Wildman–Crippen LogP) is 4.72. The van der Waals surface area contributed by atoms with E-state index in [-0.39, 0.29) is 31.0 Å². The third kappa shape index (κ3) is 7.72. The first kappa shape index (κ1) is 26.6. The summed E-state index contributed by atoms with van der Waals surface area (Å²) in [7, 11) is 3.05. The molecule has 1 N–H and O–H groups in total. The molecule has 0 spiro atoms. The van der Waals surface area contributed by atoms with E-state index in [2.05, 4.69) is 5.32 Å². The summed E-state index contributed by atoms with van der Waals surface area (Å²) < 4.78 is 16.2. The average Bonchev–Trinajstić information content (AvgIpc) is 2.81. The van der Waals surface area contributed by atoms with Crippen molar-refractivity contribution in [3.63, 3.8) is 0 Å². The zero-order chi connectivity index (χ0) is 24.5. The van der Waals surface area contributed by atoms with Gasteiger partial charge in [-0.3, -0.25) is 9.59 Å². The van der Waals surface area contributed by atoms with E-state index in [1.54, 1.807) is 43.3 Å². The molecule has 7 nitrogen and oxygen atoms in total. The molecule has 0 heterocycles. The van der Waals surface area contributed by atoms with Crippen LogP contribution < -0.4 is 19.5 Å². The van der Waals surface area contributed by atoms with Crippen molar-refractivity contribution in [3.05, 3.63) is 52.0 Å². The van der Waals surface area contributed by atoms with Gasteiger partial charge in [0.15, 0.2) is 6.61 Å². The predicted molar refractivity (Wildman–Crippen MR) is 129 cm³/mol. The molecule has 0 unspecified atom stereocenters. The van der Waals surface area contributed by atoms with E-state index in [1.807, 2.05) is 13.8 Å². The van der Waals surface area contributed by atoms with Crippen molar-refractivity contribution in [2.45, 2.75) is 45.8 Å². The van der Waals surface area contributed by atoms with Crippen molar-refractivity contribution < 1.29 is 23.8 Å². The van der Waals surface area contributed by atoms with Gasteiger partial charge in [-0.25, -0.2) is 0 Å². The standard InChI is InChI=1S/C24H30Cl2N2O5/c1-6-15(2)27-24(30)16(3)28(13-17-7-8-18(25)9-22(17)26)23(29)14-33-21-11-19(31-4)10-20(12-21)32-5/h7-12,15-16H,6,13-14H2,1-5H3,(H,27,30)/t15-,16-/m0/s1. The molecular weight excluding hydrogens is 467 g/mol. The van der Waals surface area contributed by atoms with Crippen LogP contribution in [0, 0.1) is 0 Å². The maximum absolute atomic E-state index is 13.2. The molecule has 2 aromatic rings. The highest BCUT2D eigenvalue weighted by Gasteiger charge is 2.28. The molecule has 0 bridgehead atoms. The third-order valence-corrected chi connectivity index (χ3v) is 5.80. The fourth-order valence-corrected chi connectivity index (χ4v) is 3.44. The van der Waals surface area contributed by atoms with Crippen LogP contribution in [-0.4, -0.2) is 49.6 Å². The van der Waals surface area contributed by atoms with Gasteiger partial charge in [-0.05, 0) is 38.0 Å². The molecule has 2 aromatic carbocycles. The molecule has 0 aliphatic heterocycles. The van der Waals surface area contributed by atoms with Gasteiger partial charge in [0.05, 0.1) is 14.2 Å². The fraction of sp³-hybridized carbons (Fsp3) is 0.417. The second kappa shape index (κ2) is 12.6. The zero-order valence-corrected chi connectivity index (χ0v) is 21.0. The Morgan fingerprint density at radius 1 is 1.00 bits per heavy atom. The monoisotopic (exact) mass is 496 g/mol. The number of halogens is 2. The minimum atomic E-state index is -0.748. The second-order valence-corrected chi connectivity index (χ2v) is 8.43. The maximum atomic E-state index is 13.2. The summed E-state index contributed by atoms with van der Waals surface area (Å²) in [6, 6.07) is 9.25. The van der Waals surface area contributed by atoms with Crippen molar-refractivity contribution in [3.8, 4) is 17.2 Å². The van der Waals surface area contributed by atoms with E-state index in [0.717, 1.165) is 6.42 Å². The van der Waals surface area contributed by atoms with E-state index < -0.39 is 6.04 Å². The SMILES string of the molecule is CC[C@H](C)NC(=O)[C@H](C)N(Cc1ccc(Cl)cc1Cl)C(=O)COc1cc(OC)cc(OC)c1. The molecule has 9 heteroatoms. The van der Waals surface area contributed by atoms with E-state index in [4.69, 9.17) is 37.4 Å². The van der Waals surface area contributed by atoms with Crippen LogP contribution in [0.25, 0.3) is 0 Å². The van der Waals surface area contributed by atoms with Gasteiger partial charge < -0.3 is 24.4 Å². The highest BCUT2D eigenvalue weighted by Crippen LogP contribution is 2.28. The number of benzene rings is 2. The van der Waals surface area contributed by atoms with Crippen LogP contribution in [-0.2, 0) is 16.1 Å². The number of rotatable bonds is 11. The number of carbonyl (C=O) groups excluding carboxylic acids is 2. The number of methoxy groups -OCH3 is 2. The lowest BCUT2D eigenvalue weighted by molar-refractivity contribution is -0.142. The number of carbonyl (C=O) groups is 2. The van der Waals surface area contributed by atoms with Crippen LogP contribution in [0.1, 0.15) is 32.8 Å². The van der Waals surface area contributed by atoms with Crippen molar-refractivity contribution in [1.82, 2.24) is 10.2 Å². The zero-order valence-electron chi connectivity index (χ0n) is 19.5. The Hall–Kier alpha value is -2.64. The van der Waals surface area contributed by atoms with Crippen molar-refractivity contribution in [2.24, 2.45) is 0 Å². The Balaban J connectivity index is 2.24. The molecule has 0 aliphatic carbocycles. The van der Waals surface area contributed by atoms with Crippen LogP contribution in [0.3, 0.4) is 0 Å². The highest BCUT2D eigenvalue weighted by atomic mass is 35.5. The van der Waals surface area contributed by atoms with Crippen LogP contribution in [0.4, 0.5) is 0 Å². The Bertz CT molecular complexity index is 948. The van der Waals surface area contributed by atoms with Crippen LogP contribution in [0.5, 0.6) is 17.2 Å². The van der Waals surface area contributed by atoms with Gasteiger partial charge >= 0.3 is 0 Å². The number of hydrogen-bond acceptors (Lipinski definition) is 5. The van der Waals surface area contributed by atoms with Gasteiger partial charge in [-0.2, -0.15) is 0 Å². The molecule has 0 saturated carbocycles. The lowest BCUT2D eigenvalue weighted by Gasteiger charge is -2.30. The molecular formula is C24H30Cl2N2O5. The highest BCUT2D eigenvalue weighted by molar-refractivity contribution is 6.35. The summed E-state index contributed by atoms with van der Waals surface area (Å²) >= 11 is 12.3. The number of nitrogens with one attached hydrogen (secondary N) is 1. The van der Waals surface area contributed by atoms with Crippen molar-refractivity contribution >= 4 is 35.0 Å². The number of amides is 2. The molecule has 0 aromatic heterocycles. The quantitative estimate of drug-likeness (QED) is 0.486. The maximum Gasteiger partial charge on any atom is 0.261 e. The van der Waals surface area contributed by atoms with E-state index >= 15 is 0 Å². The average molecular weight is 497 g/mol. The second-order valence-electron chi connectivity index (χ2n) is 7.59. The van der Waals surface area contributed by atoms with Crippen LogP contribution in [0.2, 0.25) is 10.0 Å². The minimum absolute atomic E-state index is 0.0171. The van der Waals surface area contributed by atoms with E-state index in [9.17, 15) is 9.59 Å². The van der Waals surface area contributed by atoms with Crippen LogP contribution in [0.15, 0.2) is 36.4 Å². The Morgan fingerprint density at radius 2 is 1.61 bits per heavy atom. The fourth-order valence-electron chi connectivity index (χ4n) is 2.97. The van der Waals surface area contributed by atoms with Gasteiger partial charge in [-0.1, -0.05) is 36.2 Å². The molecule has 0 aliphatic rings. The van der Waals surface area contributed by atoms with Gasteiger partial charge in [-0.15, -0.1) is 0 Å². The topological polar surface area (TPSA) is 77.1 Å². The first-order valence-corrected chi connectivity index (χ1v) is 11.3. The smallest absolute Gasteiger partial charge is 0.261 e. The molecule has 2 atom stereocenters. The van der Waals surface area contributed by atoms with Crippen molar-refractivity contribution in [2.75, 3.05) is 20.8 Å². The number of ether oxygens (including phenoxy) is 3. The van der Waals surface area contributed by atoms with Gasteiger partial charge in [0.2, 0.25) is 5.91 Å². The summed E-state index contributed by atoms with van der Waals surface area (Å²) in [5, 5.41) is 3.81. The summed E-state index contributed by atoms with van der Waals surface area (Å²) in [6.45, 7) is 5.39.